The van der Waals surface area contributed by atoms with Gasteiger partial charge in [-0.25, -0.2) is 9.37 Å². The lowest BCUT2D eigenvalue weighted by atomic mass is 10.1. The van der Waals surface area contributed by atoms with Crippen molar-refractivity contribution in [2.75, 3.05) is 40.4 Å². The summed E-state index contributed by atoms with van der Waals surface area (Å²) in [7, 11) is 3.35. The Labute approximate surface area is 183 Å². The van der Waals surface area contributed by atoms with Gasteiger partial charge in [0.05, 0.1) is 25.6 Å². The van der Waals surface area contributed by atoms with Crippen LogP contribution in [0.15, 0.2) is 60.7 Å². The van der Waals surface area contributed by atoms with Crippen LogP contribution < -0.4 is 9.47 Å². The quantitative estimate of drug-likeness (QED) is 0.571. The summed E-state index contributed by atoms with van der Waals surface area (Å²) in [6.07, 6.45) is 0. The van der Waals surface area contributed by atoms with E-state index in [4.69, 9.17) is 14.5 Å². The molecule has 3 aromatic rings. The van der Waals surface area contributed by atoms with Gasteiger partial charge in [0.25, 0.3) is 0 Å². The van der Waals surface area contributed by atoms with Gasteiger partial charge in [0.1, 0.15) is 17.3 Å². The first-order valence-corrected chi connectivity index (χ1v) is 10.5. The van der Waals surface area contributed by atoms with Crippen LogP contribution in [0.1, 0.15) is 11.3 Å². The van der Waals surface area contributed by atoms with Gasteiger partial charge >= 0.3 is 0 Å². The highest BCUT2D eigenvalue weighted by molar-refractivity contribution is 5.61. The summed E-state index contributed by atoms with van der Waals surface area (Å²) in [5, 5.41) is 0. The molecule has 0 spiro atoms. The lowest BCUT2D eigenvalue weighted by Gasteiger charge is -2.34. The molecule has 0 saturated carbocycles. The van der Waals surface area contributed by atoms with Gasteiger partial charge in [0.2, 0.25) is 0 Å². The number of nitrogens with zero attached hydrogens (tertiary/aromatic N) is 3. The van der Waals surface area contributed by atoms with Crippen LogP contribution in [0.3, 0.4) is 0 Å². The second-order valence-corrected chi connectivity index (χ2v) is 7.75. The van der Waals surface area contributed by atoms with E-state index in [0.29, 0.717) is 0 Å². The predicted octanol–water partition coefficient (Wildman–Crippen LogP) is 4.22. The Morgan fingerprint density at radius 3 is 2.03 bits per heavy atom. The average molecular weight is 422 g/mol. The van der Waals surface area contributed by atoms with E-state index in [9.17, 15) is 4.39 Å². The standard InChI is InChI=1S/C25H28FN3O2/c1-30-22-9-5-20(6-10-22)23-11-12-25(31-2)24(27-23)18-29-15-13-28(14-16-29)17-19-3-7-21(26)8-4-19/h3-12H,13-18H2,1-2H3. The van der Waals surface area contributed by atoms with Crippen molar-refractivity contribution in [3.05, 3.63) is 77.7 Å². The molecule has 5 nitrogen and oxygen atoms in total. The Morgan fingerprint density at radius 1 is 0.774 bits per heavy atom. The number of pyridine rings is 1. The van der Waals surface area contributed by atoms with Gasteiger partial charge in [0.15, 0.2) is 0 Å². The summed E-state index contributed by atoms with van der Waals surface area (Å²) >= 11 is 0. The van der Waals surface area contributed by atoms with Crippen LogP contribution in [-0.2, 0) is 13.1 Å². The van der Waals surface area contributed by atoms with E-state index in [0.717, 1.165) is 73.3 Å². The number of methoxy groups -OCH3 is 2. The maximum absolute atomic E-state index is 13.1. The van der Waals surface area contributed by atoms with E-state index in [-0.39, 0.29) is 5.82 Å². The number of rotatable bonds is 7. The van der Waals surface area contributed by atoms with Crippen molar-refractivity contribution >= 4 is 0 Å². The van der Waals surface area contributed by atoms with Gasteiger partial charge in [0, 0.05) is 44.8 Å². The molecule has 1 aromatic heterocycles. The lowest BCUT2D eigenvalue weighted by molar-refractivity contribution is 0.120. The lowest BCUT2D eigenvalue weighted by Crippen LogP contribution is -2.45. The fourth-order valence-electron chi connectivity index (χ4n) is 3.88. The Balaban J connectivity index is 1.39. The molecule has 0 amide bonds. The van der Waals surface area contributed by atoms with Crippen molar-refractivity contribution < 1.29 is 13.9 Å². The summed E-state index contributed by atoms with van der Waals surface area (Å²) in [6.45, 7) is 5.45. The van der Waals surface area contributed by atoms with Crippen LogP contribution in [0, 0.1) is 5.82 Å². The highest BCUT2D eigenvalue weighted by Crippen LogP contribution is 2.26. The first-order chi connectivity index (χ1) is 15.1. The zero-order valence-corrected chi connectivity index (χ0v) is 18.1. The second-order valence-electron chi connectivity index (χ2n) is 7.75. The Bertz CT molecular complexity index is 985. The molecule has 1 aliphatic heterocycles. The number of halogens is 1. The van der Waals surface area contributed by atoms with Gasteiger partial charge in [-0.05, 0) is 54.1 Å². The summed E-state index contributed by atoms with van der Waals surface area (Å²) in [5.74, 6) is 1.45. The van der Waals surface area contributed by atoms with Crippen molar-refractivity contribution in [1.82, 2.24) is 14.8 Å². The third-order valence-electron chi connectivity index (χ3n) is 5.70. The maximum atomic E-state index is 13.1. The molecule has 2 aromatic carbocycles. The SMILES string of the molecule is COc1ccc(-c2ccc(OC)c(CN3CCN(Cc4ccc(F)cc4)CC3)n2)cc1. The maximum Gasteiger partial charge on any atom is 0.141 e. The van der Waals surface area contributed by atoms with Gasteiger partial charge < -0.3 is 9.47 Å². The topological polar surface area (TPSA) is 37.8 Å². The summed E-state index contributed by atoms with van der Waals surface area (Å²) in [5.41, 5.74) is 4.07. The minimum absolute atomic E-state index is 0.188. The predicted molar refractivity (Wildman–Crippen MR) is 120 cm³/mol. The van der Waals surface area contributed by atoms with Gasteiger partial charge in [-0.15, -0.1) is 0 Å². The summed E-state index contributed by atoms with van der Waals surface area (Å²) in [4.78, 5) is 9.71. The number of hydrogen-bond donors (Lipinski definition) is 0. The van der Waals surface area contributed by atoms with Gasteiger partial charge in [-0.1, -0.05) is 12.1 Å². The minimum atomic E-state index is -0.188. The van der Waals surface area contributed by atoms with E-state index < -0.39 is 0 Å². The molecule has 4 rings (SSSR count). The molecule has 0 bridgehead atoms. The van der Waals surface area contributed by atoms with Crippen LogP contribution in [-0.4, -0.2) is 55.2 Å². The normalized spacial score (nSPS) is 15.1. The van der Waals surface area contributed by atoms with Crippen LogP contribution in [0.5, 0.6) is 11.5 Å². The van der Waals surface area contributed by atoms with E-state index >= 15 is 0 Å². The fourth-order valence-corrected chi connectivity index (χ4v) is 3.88. The first kappa shape index (κ1) is 21.3. The van der Waals surface area contributed by atoms with E-state index in [1.807, 2.05) is 48.5 Å². The summed E-state index contributed by atoms with van der Waals surface area (Å²) in [6, 6.07) is 18.7. The molecule has 1 saturated heterocycles. The molecule has 0 aliphatic carbocycles. The molecule has 2 heterocycles. The molecule has 0 radical (unpaired) electrons. The van der Waals surface area contributed by atoms with E-state index in [1.54, 1.807) is 14.2 Å². The third kappa shape index (κ3) is 5.40. The van der Waals surface area contributed by atoms with Crippen LogP contribution >= 0.6 is 0 Å². The zero-order chi connectivity index (χ0) is 21.6. The van der Waals surface area contributed by atoms with E-state index in [1.165, 1.54) is 12.1 Å². The Morgan fingerprint density at radius 2 is 1.42 bits per heavy atom. The zero-order valence-electron chi connectivity index (χ0n) is 18.1. The third-order valence-corrected chi connectivity index (χ3v) is 5.70. The smallest absolute Gasteiger partial charge is 0.141 e. The Hall–Kier alpha value is -2.96. The number of ether oxygens (including phenoxy) is 2. The molecule has 6 heteroatoms. The molecule has 0 unspecified atom stereocenters. The van der Waals surface area contributed by atoms with Gasteiger partial charge in [-0.3, -0.25) is 9.80 Å². The Kier molecular flexibility index (Phi) is 6.79. The van der Waals surface area contributed by atoms with Crippen molar-refractivity contribution in [2.24, 2.45) is 0 Å². The molecule has 1 fully saturated rings. The van der Waals surface area contributed by atoms with Crippen LogP contribution in [0.25, 0.3) is 11.3 Å². The molecule has 1 aliphatic rings. The molecule has 0 atom stereocenters. The highest BCUT2D eigenvalue weighted by Gasteiger charge is 2.19. The summed E-state index contributed by atoms with van der Waals surface area (Å²) < 4.78 is 23.9. The molecular formula is C25H28FN3O2. The van der Waals surface area contributed by atoms with Crippen molar-refractivity contribution in [2.45, 2.75) is 13.1 Å². The number of benzene rings is 2. The monoisotopic (exact) mass is 421 g/mol. The molecule has 162 valence electrons. The fraction of sp³-hybridized carbons (Fsp3) is 0.320. The molecular weight excluding hydrogens is 393 g/mol. The largest absolute Gasteiger partial charge is 0.497 e. The molecule has 31 heavy (non-hydrogen) atoms. The van der Waals surface area contributed by atoms with Crippen LogP contribution in [0.4, 0.5) is 4.39 Å². The first-order valence-electron chi connectivity index (χ1n) is 10.5. The van der Waals surface area contributed by atoms with Crippen molar-refractivity contribution in [3.63, 3.8) is 0 Å². The number of aromatic nitrogens is 1. The van der Waals surface area contributed by atoms with Crippen LogP contribution in [0.2, 0.25) is 0 Å². The number of piperazine rings is 1. The minimum Gasteiger partial charge on any atom is -0.497 e. The van der Waals surface area contributed by atoms with Crippen molar-refractivity contribution in [1.29, 1.82) is 0 Å². The van der Waals surface area contributed by atoms with E-state index in [2.05, 4.69) is 9.80 Å². The average Bonchev–Trinajstić information content (AvgIpc) is 2.82. The molecule has 0 N–H and O–H groups in total. The van der Waals surface area contributed by atoms with Gasteiger partial charge in [-0.2, -0.15) is 0 Å². The highest BCUT2D eigenvalue weighted by atomic mass is 19.1. The van der Waals surface area contributed by atoms with Crippen molar-refractivity contribution in [3.8, 4) is 22.8 Å². The second kappa shape index (κ2) is 9.90. The number of hydrogen-bond acceptors (Lipinski definition) is 5.